The Morgan fingerprint density at radius 3 is 2.64 bits per heavy atom. The average Bonchev–Trinajstić information content (AvgIpc) is 3.53. The van der Waals surface area contributed by atoms with Gasteiger partial charge in [0.25, 0.3) is 10.0 Å². The van der Waals surface area contributed by atoms with Crippen molar-refractivity contribution in [3.63, 3.8) is 0 Å². The van der Waals surface area contributed by atoms with Crippen LogP contribution in [0, 0.1) is 5.82 Å². The van der Waals surface area contributed by atoms with Crippen molar-refractivity contribution in [2.45, 2.75) is 30.8 Å². The Morgan fingerprint density at radius 2 is 1.94 bits per heavy atom. The fraction of sp³-hybridized carbons (Fsp3) is 0.280. The van der Waals surface area contributed by atoms with Crippen LogP contribution in [0.4, 0.5) is 15.2 Å². The molecule has 1 N–H and O–H groups in total. The van der Waals surface area contributed by atoms with Crippen LogP contribution in [-0.2, 0) is 14.8 Å². The lowest BCUT2D eigenvalue weighted by molar-refractivity contribution is -0.136. The number of nitrogens with zero attached hydrogens (tertiary/aromatic N) is 4. The molecule has 2 atom stereocenters. The van der Waals surface area contributed by atoms with Crippen molar-refractivity contribution in [1.29, 1.82) is 0 Å². The number of halogens is 1. The van der Waals surface area contributed by atoms with E-state index in [1.807, 2.05) is 29.4 Å². The van der Waals surface area contributed by atoms with Gasteiger partial charge in [0.05, 0.1) is 10.4 Å². The van der Waals surface area contributed by atoms with Gasteiger partial charge in [-0.05, 0) is 56.3 Å². The third-order valence-corrected chi connectivity index (χ3v) is 8.73. The van der Waals surface area contributed by atoms with Crippen molar-refractivity contribution >= 4 is 49.0 Å². The summed E-state index contributed by atoms with van der Waals surface area (Å²) in [6.45, 7) is 5.60. The number of aromatic nitrogens is 2. The third kappa shape index (κ3) is 4.56. The fourth-order valence-corrected chi connectivity index (χ4v) is 6.44. The largest absolute Gasteiger partial charge is 0.368 e. The molecule has 36 heavy (non-hydrogen) atoms. The second-order valence-corrected chi connectivity index (χ2v) is 11.4. The Bertz CT molecular complexity index is 1490. The van der Waals surface area contributed by atoms with Crippen molar-refractivity contribution < 1.29 is 17.6 Å². The van der Waals surface area contributed by atoms with Gasteiger partial charge in [-0.1, -0.05) is 6.07 Å². The number of hydrogen-bond donors (Lipinski definition) is 1. The molecule has 1 fully saturated rings. The summed E-state index contributed by atoms with van der Waals surface area (Å²) < 4.78 is 43.6. The van der Waals surface area contributed by atoms with Gasteiger partial charge in [0.1, 0.15) is 11.9 Å². The van der Waals surface area contributed by atoms with Crippen molar-refractivity contribution in [2.24, 2.45) is 0 Å². The number of rotatable bonds is 6. The van der Waals surface area contributed by atoms with Gasteiger partial charge in [-0.2, -0.15) is 0 Å². The molecule has 0 spiro atoms. The smallest absolute Gasteiger partial charge is 0.263 e. The van der Waals surface area contributed by atoms with Gasteiger partial charge in [0.2, 0.25) is 5.91 Å². The number of benzene rings is 2. The molecule has 0 saturated carbocycles. The van der Waals surface area contributed by atoms with E-state index in [0.717, 1.165) is 5.69 Å². The average molecular weight is 528 g/mol. The molecule has 2 aromatic carbocycles. The highest BCUT2D eigenvalue weighted by molar-refractivity contribution is 7.93. The number of carbonyl (C=O) groups excluding carboxylic acids is 1. The van der Waals surface area contributed by atoms with Gasteiger partial charge in [0, 0.05) is 54.5 Å². The van der Waals surface area contributed by atoms with Crippen LogP contribution in [0.1, 0.15) is 19.9 Å². The second kappa shape index (κ2) is 9.55. The van der Waals surface area contributed by atoms with Crippen molar-refractivity contribution in [2.75, 3.05) is 29.3 Å². The molecule has 8 nitrogen and oxygen atoms in total. The number of carbonyl (C=O) groups is 1. The number of piperazine rings is 1. The van der Waals surface area contributed by atoms with E-state index in [1.54, 1.807) is 54.2 Å². The van der Waals surface area contributed by atoms with Crippen LogP contribution in [0.3, 0.4) is 0 Å². The zero-order chi connectivity index (χ0) is 25.4. The SMILES string of the molecule is C[C@@H]1CN(c2ccc(S(=O)(=O)Nc3nccs3)cc2)CCN1C(=O)[C@@H](C)n1ccc2c(F)cccc21. The molecule has 0 unspecified atom stereocenters. The zero-order valence-corrected chi connectivity index (χ0v) is 21.5. The van der Waals surface area contributed by atoms with Crippen molar-refractivity contribution in [1.82, 2.24) is 14.5 Å². The summed E-state index contributed by atoms with van der Waals surface area (Å²) in [6, 6.07) is 12.8. The van der Waals surface area contributed by atoms with E-state index in [9.17, 15) is 17.6 Å². The summed E-state index contributed by atoms with van der Waals surface area (Å²) in [5.41, 5.74) is 1.59. The van der Waals surface area contributed by atoms with Gasteiger partial charge in [0.15, 0.2) is 5.13 Å². The predicted molar refractivity (Wildman–Crippen MR) is 139 cm³/mol. The van der Waals surface area contributed by atoms with E-state index < -0.39 is 16.1 Å². The van der Waals surface area contributed by atoms with E-state index >= 15 is 0 Å². The first-order valence-corrected chi connectivity index (χ1v) is 13.9. The Balaban J connectivity index is 1.26. The van der Waals surface area contributed by atoms with Gasteiger partial charge in [-0.3, -0.25) is 9.52 Å². The topological polar surface area (TPSA) is 87.5 Å². The first-order chi connectivity index (χ1) is 17.2. The first kappa shape index (κ1) is 24.3. The number of nitrogens with one attached hydrogen (secondary N) is 1. The number of anilines is 2. The summed E-state index contributed by atoms with van der Waals surface area (Å²) in [5.74, 6) is -0.315. The molecule has 1 saturated heterocycles. The predicted octanol–water partition coefficient (Wildman–Crippen LogP) is 4.34. The van der Waals surface area contributed by atoms with E-state index in [0.29, 0.717) is 35.7 Å². The molecule has 2 aromatic heterocycles. The van der Waals surface area contributed by atoms with Gasteiger partial charge >= 0.3 is 0 Å². The van der Waals surface area contributed by atoms with Crippen LogP contribution in [0.15, 0.2) is 71.2 Å². The van der Waals surface area contributed by atoms with Crippen molar-refractivity contribution in [3.8, 4) is 0 Å². The summed E-state index contributed by atoms with van der Waals surface area (Å²) >= 11 is 1.22. The van der Waals surface area contributed by atoms with Gasteiger partial charge in [-0.15, -0.1) is 11.3 Å². The van der Waals surface area contributed by atoms with E-state index in [-0.39, 0.29) is 22.7 Å². The minimum Gasteiger partial charge on any atom is -0.368 e. The molecule has 1 aliphatic rings. The lowest BCUT2D eigenvalue weighted by Crippen LogP contribution is -2.55. The molecule has 3 heterocycles. The molecule has 5 rings (SSSR count). The maximum Gasteiger partial charge on any atom is 0.263 e. The lowest BCUT2D eigenvalue weighted by Gasteiger charge is -2.42. The number of thiazole rings is 1. The maximum absolute atomic E-state index is 14.1. The zero-order valence-electron chi connectivity index (χ0n) is 19.8. The monoisotopic (exact) mass is 527 g/mol. The molecule has 1 amide bonds. The highest BCUT2D eigenvalue weighted by atomic mass is 32.2. The summed E-state index contributed by atoms with van der Waals surface area (Å²) in [7, 11) is -3.71. The lowest BCUT2D eigenvalue weighted by atomic mass is 10.1. The van der Waals surface area contributed by atoms with Gasteiger partial charge in [-0.25, -0.2) is 17.8 Å². The summed E-state index contributed by atoms with van der Waals surface area (Å²) in [6.07, 6.45) is 3.30. The van der Waals surface area contributed by atoms with Crippen LogP contribution >= 0.6 is 11.3 Å². The van der Waals surface area contributed by atoms with E-state index in [1.165, 1.54) is 17.4 Å². The maximum atomic E-state index is 14.1. The van der Waals surface area contributed by atoms with Crippen LogP contribution in [-0.4, -0.2) is 54.5 Å². The highest BCUT2D eigenvalue weighted by Crippen LogP contribution is 2.27. The number of fused-ring (bicyclic) bond motifs is 1. The fourth-order valence-electron chi connectivity index (χ4n) is 4.65. The molecule has 0 radical (unpaired) electrons. The minimum atomic E-state index is -3.71. The quantitative estimate of drug-likeness (QED) is 0.403. The molecule has 4 aromatic rings. The Labute approximate surface area is 213 Å². The third-order valence-electron chi connectivity index (χ3n) is 6.56. The molecular formula is C25H26FN5O3S2. The Kier molecular flexibility index (Phi) is 6.44. The molecule has 0 aliphatic carbocycles. The first-order valence-electron chi connectivity index (χ1n) is 11.6. The van der Waals surface area contributed by atoms with Crippen LogP contribution in [0.25, 0.3) is 10.9 Å². The second-order valence-electron chi connectivity index (χ2n) is 8.83. The number of sulfonamides is 1. The molecule has 11 heteroatoms. The summed E-state index contributed by atoms with van der Waals surface area (Å²) in [5, 5.41) is 2.52. The molecule has 1 aliphatic heterocycles. The normalized spacial score (nSPS) is 17.4. The minimum absolute atomic E-state index is 0.0152. The van der Waals surface area contributed by atoms with E-state index in [2.05, 4.69) is 14.6 Å². The van der Waals surface area contributed by atoms with Crippen LogP contribution < -0.4 is 9.62 Å². The standard InChI is InChI=1S/C25H26FN5O3S2/c1-17-16-29(19-6-8-20(9-7-19)36(33,34)28-25-27-11-15-35-25)13-14-30(17)24(32)18(2)31-12-10-21-22(26)4-3-5-23(21)31/h3-12,15,17-18H,13-14,16H2,1-2H3,(H,27,28)/t17-,18-/m1/s1. The van der Waals surface area contributed by atoms with Crippen LogP contribution in [0.5, 0.6) is 0 Å². The van der Waals surface area contributed by atoms with E-state index in [4.69, 9.17) is 0 Å². The molecule has 188 valence electrons. The Hall–Kier alpha value is -3.44. The van der Waals surface area contributed by atoms with Crippen LogP contribution in [0.2, 0.25) is 0 Å². The number of hydrogen-bond acceptors (Lipinski definition) is 6. The van der Waals surface area contributed by atoms with Gasteiger partial charge < -0.3 is 14.4 Å². The molecule has 0 bridgehead atoms. The number of amides is 1. The summed E-state index contributed by atoms with van der Waals surface area (Å²) in [4.78, 5) is 21.5. The highest BCUT2D eigenvalue weighted by Gasteiger charge is 2.31. The van der Waals surface area contributed by atoms with Crippen molar-refractivity contribution in [3.05, 3.63) is 72.1 Å². The Morgan fingerprint density at radius 1 is 1.17 bits per heavy atom. The molecular weight excluding hydrogens is 501 g/mol.